The Kier molecular flexibility index (Phi) is 3.23. The Bertz CT molecular complexity index is 719. The van der Waals surface area contributed by atoms with Crippen LogP contribution in [0.2, 0.25) is 0 Å². The lowest BCUT2D eigenvalue weighted by molar-refractivity contribution is 0.463. The first kappa shape index (κ1) is 12.6. The maximum atomic E-state index is 4.79. The number of nitrogens with zero attached hydrogens (tertiary/aromatic N) is 1. The molecule has 0 bridgehead atoms. The largest absolute Gasteiger partial charge is 0.381 e. The van der Waals surface area contributed by atoms with Crippen molar-refractivity contribution in [3.8, 4) is 0 Å². The van der Waals surface area contributed by atoms with E-state index in [1.807, 2.05) is 0 Å². The van der Waals surface area contributed by atoms with Gasteiger partial charge in [-0.2, -0.15) is 0 Å². The molecule has 0 spiro atoms. The lowest BCUT2D eigenvalue weighted by Gasteiger charge is -2.25. The number of hydrogen-bond acceptors (Lipinski definition) is 2. The number of pyridine rings is 1. The highest BCUT2D eigenvalue weighted by atomic mass is 14.9. The number of hydrogen-bond donors (Lipinski definition) is 1. The van der Waals surface area contributed by atoms with Crippen LogP contribution in [-0.4, -0.2) is 11.0 Å². The molecule has 1 fully saturated rings. The van der Waals surface area contributed by atoms with Gasteiger partial charge in [0.1, 0.15) is 0 Å². The molecular weight excluding hydrogens is 256 g/mol. The Labute approximate surface area is 125 Å². The molecule has 0 radical (unpaired) electrons. The van der Waals surface area contributed by atoms with Crippen LogP contribution in [0.1, 0.15) is 32.1 Å². The third-order valence-electron chi connectivity index (χ3n) is 4.54. The van der Waals surface area contributed by atoms with Gasteiger partial charge in [0, 0.05) is 16.8 Å². The van der Waals surface area contributed by atoms with Crippen LogP contribution in [-0.2, 0) is 0 Å². The minimum atomic E-state index is 0.605. The van der Waals surface area contributed by atoms with E-state index < -0.39 is 0 Å². The summed E-state index contributed by atoms with van der Waals surface area (Å²) in [5.41, 5.74) is 3.42. The van der Waals surface area contributed by atoms with E-state index in [2.05, 4.69) is 53.8 Å². The highest BCUT2D eigenvalue weighted by molar-refractivity contribution is 6.07. The van der Waals surface area contributed by atoms with Crippen molar-refractivity contribution in [2.45, 2.75) is 38.1 Å². The second-order valence-corrected chi connectivity index (χ2v) is 6.00. The molecule has 0 unspecified atom stereocenters. The topological polar surface area (TPSA) is 24.9 Å². The van der Waals surface area contributed by atoms with Crippen LogP contribution in [0.5, 0.6) is 0 Å². The Morgan fingerprint density at radius 1 is 0.762 bits per heavy atom. The van der Waals surface area contributed by atoms with Gasteiger partial charge in [0.2, 0.25) is 0 Å². The molecule has 1 heterocycles. The van der Waals surface area contributed by atoms with Crippen molar-refractivity contribution in [1.82, 2.24) is 4.98 Å². The molecule has 2 nitrogen and oxygen atoms in total. The summed E-state index contributed by atoms with van der Waals surface area (Å²) < 4.78 is 0. The highest BCUT2D eigenvalue weighted by Crippen LogP contribution is 2.32. The Morgan fingerprint density at radius 2 is 1.33 bits per heavy atom. The molecule has 1 N–H and O–H groups in total. The van der Waals surface area contributed by atoms with Crippen LogP contribution < -0.4 is 5.32 Å². The van der Waals surface area contributed by atoms with E-state index >= 15 is 0 Å². The second-order valence-electron chi connectivity index (χ2n) is 6.00. The van der Waals surface area contributed by atoms with E-state index in [1.54, 1.807) is 0 Å². The van der Waals surface area contributed by atoms with Crippen LogP contribution in [0.3, 0.4) is 0 Å². The van der Waals surface area contributed by atoms with E-state index in [-0.39, 0.29) is 0 Å². The first-order valence-corrected chi connectivity index (χ1v) is 7.96. The standard InChI is InChI=1S/C19H20N2/c1-2-8-14(9-3-1)20-19-15-10-4-6-12-17(15)21-18-13-7-5-11-16(18)19/h4-7,10-14H,1-3,8-9H2,(H,20,21). The number of anilines is 1. The van der Waals surface area contributed by atoms with Crippen LogP contribution in [0, 0.1) is 0 Å². The summed E-state index contributed by atoms with van der Waals surface area (Å²) in [6.07, 6.45) is 6.64. The monoisotopic (exact) mass is 276 g/mol. The fraction of sp³-hybridized carbons (Fsp3) is 0.316. The van der Waals surface area contributed by atoms with E-state index in [1.165, 1.54) is 48.6 Å². The van der Waals surface area contributed by atoms with Crippen LogP contribution in [0.15, 0.2) is 48.5 Å². The zero-order valence-electron chi connectivity index (χ0n) is 12.2. The van der Waals surface area contributed by atoms with Gasteiger partial charge in [-0.3, -0.25) is 0 Å². The predicted molar refractivity (Wildman–Crippen MR) is 89.7 cm³/mol. The second kappa shape index (κ2) is 5.36. The summed E-state index contributed by atoms with van der Waals surface area (Å²) in [7, 11) is 0. The zero-order chi connectivity index (χ0) is 14.1. The van der Waals surface area contributed by atoms with Crippen molar-refractivity contribution in [2.75, 3.05) is 5.32 Å². The van der Waals surface area contributed by atoms with Crippen LogP contribution in [0.4, 0.5) is 5.69 Å². The van der Waals surface area contributed by atoms with Crippen molar-refractivity contribution in [1.29, 1.82) is 0 Å². The molecule has 1 aliphatic rings. The molecule has 106 valence electrons. The first-order chi connectivity index (χ1) is 10.4. The third kappa shape index (κ3) is 2.35. The van der Waals surface area contributed by atoms with Gasteiger partial charge in [0.05, 0.1) is 16.7 Å². The number of fused-ring (bicyclic) bond motifs is 2. The molecule has 0 atom stereocenters. The maximum Gasteiger partial charge on any atom is 0.0730 e. The normalized spacial score (nSPS) is 16.4. The quantitative estimate of drug-likeness (QED) is 0.656. The molecule has 1 aliphatic carbocycles. The van der Waals surface area contributed by atoms with E-state index in [4.69, 9.17) is 4.98 Å². The smallest absolute Gasteiger partial charge is 0.0730 e. The molecule has 4 rings (SSSR count). The molecule has 21 heavy (non-hydrogen) atoms. The van der Waals surface area contributed by atoms with Gasteiger partial charge in [0.25, 0.3) is 0 Å². The Morgan fingerprint density at radius 3 is 1.95 bits per heavy atom. The van der Waals surface area contributed by atoms with Crippen LogP contribution in [0.25, 0.3) is 21.8 Å². The maximum absolute atomic E-state index is 4.79. The predicted octanol–water partition coefficient (Wildman–Crippen LogP) is 5.13. The van der Waals surface area contributed by atoms with Crippen molar-refractivity contribution >= 4 is 27.5 Å². The summed E-state index contributed by atoms with van der Waals surface area (Å²) in [4.78, 5) is 4.79. The van der Waals surface area contributed by atoms with Gasteiger partial charge in [-0.1, -0.05) is 55.7 Å². The minimum absolute atomic E-state index is 0.605. The van der Waals surface area contributed by atoms with E-state index in [0.29, 0.717) is 6.04 Å². The fourth-order valence-corrected chi connectivity index (χ4v) is 3.45. The highest BCUT2D eigenvalue weighted by Gasteiger charge is 2.16. The average molecular weight is 276 g/mol. The van der Waals surface area contributed by atoms with E-state index in [9.17, 15) is 0 Å². The Balaban J connectivity index is 1.89. The molecule has 0 saturated heterocycles. The minimum Gasteiger partial charge on any atom is -0.381 e. The summed E-state index contributed by atoms with van der Waals surface area (Å²) in [5.74, 6) is 0. The number of rotatable bonds is 2. The number of para-hydroxylation sites is 2. The summed E-state index contributed by atoms with van der Waals surface area (Å²) >= 11 is 0. The van der Waals surface area contributed by atoms with Gasteiger partial charge >= 0.3 is 0 Å². The van der Waals surface area contributed by atoms with Crippen molar-refractivity contribution in [3.05, 3.63) is 48.5 Å². The van der Waals surface area contributed by atoms with Gasteiger partial charge in [-0.25, -0.2) is 4.98 Å². The molecule has 2 heteroatoms. The molecule has 0 amide bonds. The van der Waals surface area contributed by atoms with Crippen LogP contribution >= 0.6 is 0 Å². The summed E-state index contributed by atoms with van der Waals surface area (Å²) in [6, 6.07) is 17.5. The lowest BCUT2D eigenvalue weighted by Crippen LogP contribution is -2.22. The molecule has 1 saturated carbocycles. The summed E-state index contributed by atoms with van der Waals surface area (Å²) in [5, 5.41) is 6.30. The van der Waals surface area contributed by atoms with Crippen molar-refractivity contribution in [3.63, 3.8) is 0 Å². The molecular formula is C19H20N2. The number of aromatic nitrogens is 1. The van der Waals surface area contributed by atoms with Gasteiger partial charge in [-0.05, 0) is 25.0 Å². The zero-order valence-corrected chi connectivity index (χ0v) is 12.2. The lowest BCUT2D eigenvalue weighted by atomic mass is 9.94. The number of benzene rings is 2. The first-order valence-electron chi connectivity index (χ1n) is 7.96. The molecule has 0 aliphatic heterocycles. The average Bonchev–Trinajstić information content (AvgIpc) is 2.55. The van der Waals surface area contributed by atoms with Crippen molar-refractivity contribution in [2.24, 2.45) is 0 Å². The fourth-order valence-electron chi connectivity index (χ4n) is 3.45. The molecule has 1 aromatic heterocycles. The van der Waals surface area contributed by atoms with Gasteiger partial charge < -0.3 is 5.32 Å². The van der Waals surface area contributed by atoms with Gasteiger partial charge in [0.15, 0.2) is 0 Å². The SMILES string of the molecule is c1ccc2c(NC3CCCCC3)c3ccccc3nc2c1. The van der Waals surface area contributed by atoms with Crippen molar-refractivity contribution < 1.29 is 0 Å². The third-order valence-corrected chi connectivity index (χ3v) is 4.54. The number of nitrogens with one attached hydrogen (secondary N) is 1. The molecule has 3 aromatic rings. The molecule has 2 aromatic carbocycles. The van der Waals surface area contributed by atoms with E-state index in [0.717, 1.165) is 11.0 Å². The Hall–Kier alpha value is -2.09. The van der Waals surface area contributed by atoms with Gasteiger partial charge in [-0.15, -0.1) is 0 Å². The summed E-state index contributed by atoms with van der Waals surface area (Å²) in [6.45, 7) is 0.